The highest BCUT2D eigenvalue weighted by Crippen LogP contribution is 2.43. The van der Waals surface area contributed by atoms with Crippen LogP contribution in [0.25, 0.3) is 27.8 Å². The Labute approximate surface area is 236 Å². The van der Waals surface area contributed by atoms with Crippen molar-refractivity contribution in [1.82, 2.24) is 0 Å². The van der Waals surface area contributed by atoms with E-state index in [2.05, 4.69) is 13.0 Å². The maximum atomic E-state index is 15.3. The highest BCUT2D eigenvalue weighted by Gasteiger charge is 2.29. The van der Waals surface area contributed by atoms with E-state index in [1.807, 2.05) is 0 Å². The van der Waals surface area contributed by atoms with Crippen molar-refractivity contribution in [2.75, 3.05) is 6.51 Å². The van der Waals surface area contributed by atoms with E-state index >= 15 is 8.78 Å². The highest BCUT2D eigenvalue weighted by molar-refractivity contribution is 6.08. The van der Waals surface area contributed by atoms with Crippen LogP contribution in [-0.2, 0) is 0 Å². The van der Waals surface area contributed by atoms with Crippen LogP contribution in [0.3, 0.4) is 0 Å². The van der Waals surface area contributed by atoms with E-state index in [0.29, 0.717) is 22.6 Å². The van der Waals surface area contributed by atoms with E-state index in [1.165, 1.54) is 50.7 Å². The van der Waals surface area contributed by atoms with Crippen LogP contribution in [0.2, 0.25) is 0 Å². The van der Waals surface area contributed by atoms with Crippen molar-refractivity contribution in [3.05, 3.63) is 83.4 Å². The molecule has 2 radical (unpaired) electrons. The summed E-state index contributed by atoms with van der Waals surface area (Å²) in [5, 5.41) is 0. The summed E-state index contributed by atoms with van der Waals surface area (Å²) in [6.07, 6.45) is 12.7. The van der Waals surface area contributed by atoms with E-state index in [4.69, 9.17) is 12.6 Å². The van der Waals surface area contributed by atoms with E-state index < -0.39 is 23.3 Å². The van der Waals surface area contributed by atoms with Gasteiger partial charge in [-0.15, -0.1) is 0 Å². The third kappa shape index (κ3) is 5.87. The van der Waals surface area contributed by atoms with Crippen molar-refractivity contribution < 1.29 is 22.3 Å². The van der Waals surface area contributed by atoms with Crippen molar-refractivity contribution in [3.8, 4) is 28.0 Å². The van der Waals surface area contributed by atoms with Gasteiger partial charge in [-0.3, -0.25) is 0 Å². The van der Waals surface area contributed by atoms with E-state index in [1.54, 1.807) is 36.4 Å². The maximum absolute atomic E-state index is 15.3. The molecule has 3 aromatic carbocycles. The van der Waals surface area contributed by atoms with Gasteiger partial charge in [0.1, 0.15) is 7.85 Å². The zero-order valence-corrected chi connectivity index (χ0v) is 23.0. The Morgan fingerprint density at radius 1 is 0.700 bits per heavy atom. The smallest absolute Gasteiger partial charge is 0.201 e. The second-order valence-electron chi connectivity index (χ2n) is 11.2. The van der Waals surface area contributed by atoms with Gasteiger partial charge in [0.2, 0.25) is 5.82 Å². The van der Waals surface area contributed by atoms with E-state index in [-0.39, 0.29) is 23.4 Å². The molecule has 208 valence electrons. The Morgan fingerprint density at radius 2 is 1.27 bits per heavy atom. The zero-order valence-electron chi connectivity index (χ0n) is 23.0. The fourth-order valence-corrected chi connectivity index (χ4v) is 6.69. The lowest BCUT2D eigenvalue weighted by Gasteiger charge is -2.35. The first-order valence-electron chi connectivity index (χ1n) is 14.5. The molecule has 1 atom stereocenters. The summed E-state index contributed by atoms with van der Waals surface area (Å²) in [6.45, 7) is 1.99. The average Bonchev–Trinajstić information content (AvgIpc) is 2.98. The van der Waals surface area contributed by atoms with Gasteiger partial charge in [0.15, 0.2) is 23.2 Å². The minimum absolute atomic E-state index is 0.0342. The summed E-state index contributed by atoms with van der Waals surface area (Å²) in [7, 11) is 5.25. The molecule has 0 saturated heterocycles. The minimum Gasteiger partial charge on any atom is -0.500 e. The van der Waals surface area contributed by atoms with Crippen LogP contribution < -0.4 is 4.74 Å². The minimum atomic E-state index is -1.13. The number of ether oxygens (including phenoxy) is 1. The van der Waals surface area contributed by atoms with Gasteiger partial charge >= 0.3 is 0 Å². The molecule has 0 aliphatic heterocycles. The number of rotatable bonds is 8. The van der Waals surface area contributed by atoms with Crippen LogP contribution in [-0.4, -0.2) is 14.4 Å². The van der Waals surface area contributed by atoms with Crippen LogP contribution in [0.4, 0.5) is 17.6 Å². The summed E-state index contributed by atoms with van der Waals surface area (Å²) in [5.74, 6) is -1.92. The number of allylic oxidation sites excluding steroid dienone is 2. The summed E-state index contributed by atoms with van der Waals surface area (Å²) < 4.78 is 64.4. The van der Waals surface area contributed by atoms with Crippen LogP contribution in [0, 0.1) is 41.0 Å². The monoisotopic (exact) mass is 546 g/mol. The Kier molecular flexibility index (Phi) is 9.02. The van der Waals surface area contributed by atoms with Gasteiger partial charge in [-0.2, -0.15) is 4.39 Å². The van der Waals surface area contributed by atoms with Crippen molar-refractivity contribution in [2.45, 2.75) is 64.7 Å². The standard InChI is InChI=1S/C34H35BF4O/c1-2-3-21-4-6-22(7-5-21)23-8-10-24(11-9-23)27-16-17-28(32(37)31(27)36)25-12-14-26(15-13-25)29-18-19-30(40-20-35)34(39)33(29)38/h10,12-19,21-23H,2-9,11,20H2,1H3. The maximum Gasteiger partial charge on any atom is 0.201 e. The quantitative estimate of drug-likeness (QED) is 0.202. The number of benzene rings is 3. The molecule has 40 heavy (non-hydrogen) atoms. The molecule has 6 heteroatoms. The van der Waals surface area contributed by atoms with Crippen molar-refractivity contribution in [2.24, 2.45) is 17.8 Å². The first-order valence-corrected chi connectivity index (χ1v) is 14.5. The molecular formula is C34H35BF4O. The van der Waals surface area contributed by atoms with Gasteiger partial charge < -0.3 is 4.74 Å². The van der Waals surface area contributed by atoms with Crippen LogP contribution in [0.1, 0.15) is 70.3 Å². The molecule has 0 bridgehead atoms. The molecule has 5 rings (SSSR count). The molecule has 1 nitrogen and oxygen atoms in total. The van der Waals surface area contributed by atoms with Gasteiger partial charge in [-0.1, -0.05) is 75.1 Å². The summed E-state index contributed by atoms with van der Waals surface area (Å²) in [5.41, 5.74) is 2.23. The number of hydrogen-bond acceptors (Lipinski definition) is 1. The molecule has 1 fully saturated rings. The predicted octanol–water partition coefficient (Wildman–Crippen LogP) is 9.87. The van der Waals surface area contributed by atoms with Gasteiger partial charge in [-0.25, -0.2) is 13.2 Å². The molecule has 0 heterocycles. The third-order valence-electron chi connectivity index (χ3n) is 8.93. The normalized spacial score (nSPS) is 21.2. The fourth-order valence-electron chi connectivity index (χ4n) is 6.69. The Balaban J connectivity index is 1.29. The van der Waals surface area contributed by atoms with Gasteiger partial charge in [-0.05, 0) is 78.7 Å². The zero-order chi connectivity index (χ0) is 28.2. The molecule has 1 unspecified atom stereocenters. The predicted molar refractivity (Wildman–Crippen MR) is 154 cm³/mol. The Morgan fingerprint density at radius 3 is 1.85 bits per heavy atom. The number of hydrogen-bond donors (Lipinski definition) is 0. The average molecular weight is 546 g/mol. The molecule has 0 spiro atoms. The lowest BCUT2D eigenvalue weighted by Crippen LogP contribution is -2.23. The molecule has 0 amide bonds. The van der Waals surface area contributed by atoms with Crippen LogP contribution in [0.5, 0.6) is 5.75 Å². The topological polar surface area (TPSA) is 9.23 Å². The fraction of sp³-hybridized carbons (Fsp3) is 0.412. The molecule has 2 aliphatic rings. The van der Waals surface area contributed by atoms with E-state index in [0.717, 1.165) is 36.7 Å². The Bertz CT molecular complexity index is 1360. The second-order valence-corrected chi connectivity index (χ2v) is 11.2. The van der Waals surface area contributed by atoms with E-state index in [9.17, 15) is 8.78 Å². The van der Waals surface area contributed by atoms with Crippen LogP contribution >= 0.6 is 0 Å². The van der Waals surface area contributed by atoms with Crippen molar-refractivity contribution in [1.29, 1.82) is 0 Å². The van der Waals surface area contributed by atoms with Crippen LogP contribution in [0.15, 0.2) is 54.6 Å². The molecule has 0 N–H and O–H groups in total. The Hall–Kier alpha value is -3.02. The summed E-state index contributed by atoms with van der Waals surface area (Å²) in [6, 6.07) is 12.2. The number of halogens is 4. The highest BCUT2D eigenvalue weighted by atomic mass is 19.2. The molecular weight excluding hydrogens is 511 g/mol. The largest absolute Gasteiger partial charge is 0.500 e. The lowest BCUT2D eigenvalue weighted by atomic mass is 9.70. The molecule has 1 saturated carbocycles. The first-order chi connectivity index (χ1) is 19.4. The molecule has 3 aromatic rings. The van der Waals surface area contributed by atoms with Gasteiger partial charge in [0, 0.05) is 23.2 Å². The van der Waals surface area contributed by atoms with Crippen molar-refractivity contribution in [3.63, 3.8) is 0 Å². The van der Waals surface area contributed by atoms with Gasteiger partial charge in [0.25, 0.3) is 0 Å². The first kappa shape index (κ1) is 28.5. The van der Waals surface area contributed by atoms with Crippen molar-refractivity contribution >= 4 is 13.4 Å². The summed E-state index contributed by atoms with van der Waals surface area (Å²) >= 11 is 0. The third-order valence-corrected chi connectivity index (χ3v) is 8.93. The SMILES string of the molecule is [B]COc1ccc(-c2ccc(-c3ccc(C4=CCC(C5CCC(CCC)CC5)CC4)c(F)c3F)cc2)c(F)c1F. The van der Waals surface area contributed by atoms with Gasteiger partial charge in [0.05, 0.1) is 0 Å². The molecule has 0 aromatic heterocycles. The lowest BCUT2D eigenvalue weighted by molar-refractivity contribution is 0.189. The second kappa shape index (κ2) is 12.7. The molecule has 2 aliphatic carbocycles. The summed E-state index contributed by atoms with van der Waals surface area (Å²) in [4.78, 5) is 0.